The second kappa shape index (κ2) is 7.45. The minimum atomic E-state index is -4.05. The molecule has 1 N–H and O–H groups in total. The number of rotatable bonds is 5. The molecule has 1 heterocycles. The van der Waals surface area contributed by atoms with Crippen LogP contribution in [0.1, 0.15) is 12.5 Å². The summed E-state index contributed by atoms with van der Waals surface area (Å²) in [6, 6.07) is 3.79. The fourth-order valence-electron chi connectivity index (χ4n) is 2.34. The Labute approximate surface area is 151 Å². The highest BCUT2D eigenvalue weighted by Gasteiger charge is 2.30. The molecule has 1 aliphatic heterocycles. The van der Waals surface area contributed by atoms with Crippen LogP contribution in [0, 0.1) is 17.1 Å². The molecule has 0 saturated carbocycles. The fraction of sp³-hybridized carbons (Fsp3) is 0.250. The predicted molar refractivity (Wildman–Crippen MR) is 95.6 cm³/mol. The molecule has 0 aliphatic carbocycles. The number of halogens is 1. The number of anilines is 2. The van der Waals surface area contributed by atoms with E-state index in [1.165, 1.54) is 11.9 Å². The van der Waals surface area contributed by atoms with Crippen LogP contribution in [-0.2, 0) is 14.8 Å². The van der Waals surface area contributed by atoms with Gasteiger partial charge in [0.05, 0.1) is 22.7 Å². The molecule has 138 valence electrons. The molecule has 0 bridgehead atoms. The quantitative estimate of drug-likeness (QED) is 0.769. The fourth-order valence-corrected chi connectivity index (χ4v) is 3.40. The number of hydrogen-bond acceptors (Lipinski definition) is 7. The molecule has 0 unspecified atom stereocenters. The van der Waals surface area contributed by atoms with Crippen LogP contribution < -0.4 is 14.7 Å². The van der Waals surface area contributed by atoms with Crippen molar-refractivity contribution in [3.05, 3.63) is 48.6 Å². The molecule has 0 spiro atoms. The van der Waals surface area contributed by atoms with Gasteiger partial charge in [0.1, 0.15) is 18.6 Å². The average molecular weight is 379 g/mol. The first-order valence-corrected chi connectivity index (χ1v) is 9.19. The number of hydrazine groups is 1. The molecule has 8 nitrogen and oxygen atoms in total. The van der Waals surface area contributed by atoms with Crippen LogP contribution >= 0.6 is 0 Å². The highest BCUT2D eigenvalue weighted by Crippen LogP contribution is 2.31. The molecule has 10 heteroatoms. The van der Waals surface area contributed by atoms with Crippen molar-refractivity contribution in [2.45, 2.75) is 6.92 Å². The molecular formula is C16H18FN5O3S. The van der Waals surface area contributed by atoms with Crippen molar-refractivity contribution in [1.29, 1.82) is 5.26 Å². The van der Waals surface area contributed by atoms with Crippen LogP contribution in [0.3, 0.4) is 0 Å². The van der Waals surface area contributed by atoms with Gasteiger partial charge in [-0.2, -0.15) is 5.26 Å². The van der Waals surface area contributed by atoms with Gasteiger partial charge in [0.2, 0.25) is 10.0 Å². The van der Waals surface area contributed by atoms with Crippen LogP contribution in [0.15, 0.2) is 37.2 Å². The maximum atomic E-state index is 14.5. The van der Waals surface area contributed by atoms with E-state index in [2.05, 4.69) is 12.0 Å². The highest BCUT2D eigenvalue weighted by molar-refractivity contribution is 7.93. The van der Waals surface area contributed by atoms with Gasteiger partial charge in [-0.25, -0.2) is 17.1 Å². The van der Waals surface area contributed by atoms with Gasteiger partial charge in [-0.15, -0.1) is 0 Å². The normalized spacial score (nSPS) is 13.8. The van der Waals surface area contributed by atoms with E-state index >= 15 is 0 Å². The van der Waals surface area contributed by atoms with E-state index in [0.29, 0.717) is 4.31 Å². The Hall–Kier alpha value is -3.06. The second-order valence-electron chi connectivity index (χ2n) is 5.41. The van der Waals surface area contributed by atoms with Crippen LogP contribution in [0.4, 0.5) is 15.8 Å². The third-order valence-electron chi connectivity index (χ3n) is 3.64. The highest BCUT2D eigenvalue weighted by atomic mass is 32.2. The van der Waals surface area contributed by atoms with Gasteiger partial charge in [-0.05, 0) is 25.1 Å². The van der Waals surface area contributed by atoms with Crippen molar-refractivity contribution in [2.75, 3.05) is 28.8 Å². The number of carbonyl (C=O) groups is 1. The summed E-state index contributed by atoms with van der Waals surface area (Å²) in [6.07, 6.45) is 4.12. The van der Waals surface area contributed by atoms with Gasteiger partial charge in [0.25, 0.3) is 5.91 Å². The summed E-state index contributed by atoms with van der Waals surface area (Å²) in [6.45, 7) is 4.92. The first kappa shape index (κ1) is 19.3. The molecule has 26 heavy (non-hydrogen) atoms. The topological polar surface area (TPSA) is 96.8 Å². The summed E-state index contributed by atoms with van der Waals surface area (Å²) >= 11 is 0. The summed E-state index contributed by atoms with van der Waals surface area (Å²) in [4.78, 5) is 13.9. The maximum absolute atomic E-state index is 14.5. The van der Waals surface area contributed by atoms with Gasteiger partial charge in [-0.1, -0.05) is 6.58 Å². The number of nitrogens with zero attached hydrogens (tertiary/aromatic N) is 4. The predicted octanol–water partition coefficient (Wildman–Crippen LogP) is 1.25. The summed E-state index contributed by atoms with van der Waals surface area (Å²) in [5.41, 5.74) is 2.31. The van der Waals surface area contributed by atoms with Gasteiger partial charge >= 0.3 is 0 Å². The smallest absolute Gasteiger partial charge is 0.264 e. The molecule has 0 atom stereocenters. The molecule has 1 aromatic carbocycles. The van der Waals surface area contributed by atoms with Gasteiger partial charge < -0.3 is 10.3 Å². The Kier molecular flexibility index (Phi) is 5.52. The van der Waals surface area contributed by atoms with E-state index in [1.54, 1.807) is 30.4 Å². The van der Waals surface area contributed by atoms with Gasteiger partial charge in [0, 0.05) is 19.4 Å². The molecule has 1 aliphatic rings. The van der Waals surface area contributed by atoms with Crippen LogP contribution in [0.25, 0.3) is 0 Å². The van der Waals surface area contributed by atoms with Crippen molar-refractivity contribution in [2.24, 2.45) is 0 Å². The molecule has 1 amide bonds. The first-order valence-electron chi connectivity index (χ1n) is 7.58. The van der Waals surface area contributed by atoms with Gasteiger partial charge in [0.15, 0.2) is 0 Å². The van der Waals surface area contributed by atoms with Crippen LogP contribution in [0.5, 0.6) is 0 Å². The lowest BCUT2D eigenvalue weighted by Gasteiger charge is -2.33. The van der Waals surface area contributed by atoms with E-state index in [-0.39, 0.29) is 29.4 Å². The van der Waals surface area contributed by atoms with E-state index in [4.69, 9.17) is 0 Å². The number of hydrogen-bond donors (Lipinski definition) is 1. The zero-order valence-electron chi connectivity index (χ0n) is 14.3. The van der Waals surface area contributed by atoms with Crippen LogP contribution in [-0.4, -0.2) is 38.7 Å². The first-order chi connectivity index (χ1) is 12.2. The largest absolute Gasteiger partial charge is 0.360 e. The number of amides is 1. The summed E-state index contributed by atoms with van der Waals surface area (Å²) in [7, 11) is -2.29. The number of benzene rings is 1. The lowest BCUT2D eigenvalue weighted by molar-refractivity contribution is -0.113. The Morgan fingerprint density at radius 1 is 1.54 bits per heavy atom. The molecule has 1 aromatic rings. The Morgan fingerprint density at radius 3 is 2.77 bits per heavy atom. The average Bonchev–Trinajstić information content (AvgIpc) is 2.62. The number of carbonyl (C=O) groups excluding carboxylic acids is 1. The minimum Gasteiger partial charge on any atom is -0.360 e. The number of sulfonamides is 1. The summed E-state index contributed by atoms with van der Waals surface area (Å²) < 4.78 is 39.8. The molecule has 0 radical (unpaired) electrons. The lowest BCUT2D eigenvalue weighted by Crippen LogP contribution is -2.45. The lowest BCUT2D eigenvalue weighted by atomic mass is 10.1. The molecule has 2 rings (SSSR count). The van der Waals surface area contributed by atoms with E-state index in [1.807, 2.05) is 0 Å². The van der Waals surface area contributed by atoms with Crippen LogP contribution in [0.2, 0.25) is 0 Å². The Bertz CT molecular complexity index is 907. The third kappa shape index (κ3) is 3.62. The number of nitrogens with one attached hydrogen (secondary N) is 1. The second-order valence-corrected chi connectivity index (χ2v) is 7.52. The van der Waals surface area contributed by atoms with Crippen molar-refractivity contribution in [1.82, 2.24) is 10.3 Å². The van der Waals surface area contributed by atoms with Crippen molar-refractivity contribution in [3.8, 4) is 6.07 Å². The van der Waals surface area contributed by atoms with E-state index < -0.39 is 21.7 Å². The number of nitriles is 1. The third-order valence-corrected chi connectivity index (χ3v) is 5.30. The zero-order chi connectivity index (χ0) is 19.5. The van der Waals surface area contributed by atoms with Crippen molar-refractivity contribution >= 4 is 27.3 Å². The Balaban J connectivity index is 2.68. The van der Waals surface area contributed by atoms with Crippen molar-refractivity contribution < 1.29 is 17.6 Å². The molecule has 0 fully saturated rings. The zero-order valence-corrected chi connectivity index (χ0v) is 15.1. The van der Waals surface area contributed by atoms with Crippen molar-refractivity contribution in [3.63, 3.8) is 0 Å². The maximum Gasteiger partial charge on any atom is 0.264 e. The summed E-state index contributed by atoms with van der Waals surface area (Å²) in [5.74, 6) is -2.04. The Morgan fingerprint density at radius 2 is 2.23 bits per heavy atom. The summed E-state index contributed by atoms with van der Waals surface area (Å²) in [5, 5.41) is 10.7. The molecule has 0 saturated heterocycles. The van der Waals surface area contributed by atoms with Gasteiger partial charge in [-0.3, -0.25) is 9.80 Å². The SMILES string of the molecule is C=CC(=O)N(c1cc(N2CN(C)C=CN2)c(F)cc1C#N)S(=O)(=O)CC. The standard InChI is InChI=1S/C16H18FN5O3S/c1-4-16(23)22(26(24,25)5-2)14-9-15(13(17)8-12(14)10-18)21-11-20(3)7-6-19-21/h4,6-9,19H,1,5,11H2,2-3H3. The monoisotopic (exact) mass is 379 g/mol. The minimum absolute atomic E-state index is 0.0108. The molecule has 0 aromatic heterocycles. The van der Waals surface area contributed by atoms with E-state index in [0.717, 1.165) is 18.2 Å². The van der Waals surface area contributed by atoms with E-state index in [9.17, 15) is 22.9 Å². The molecular weight excluding hydrogens is 361 g/mol.